The van der Waals surface area contributed by atoms with E-state index >= 15 is 0 Å². The minimum Gasteiger partial charge on any atom is -0.481 e. The third-order valence-electron chi connectivity index (χ3n) is 5.53. The first-order valence-electron chi connectivity index (χ1n) is 11.1. The second-order valence-electron chi connectivity index (χ2n) is 7.92. The summed E-state index contributed by atoms with van der Waals surface area (Å²) in [4.78, 5) is 13.2. The Labute approximate surface area is 167 Å². The Kier molecular flexibility index (Phi) is 12.7. The molecule has 27 heavy (non-hydrogen) atoms. The van der Waals surface area contributed by atoms with Crippen molar-refractivity contribution in [3.63, 3.8) is 0 Å². The van der Waals surface area contributed by atoms with E-state index in [-0.39, 0.29) is 5.92 Å². The van der Waals surface area contributed by atoms with Crippen LogP contribution in [-0.4, -0.2) is 24.7 Å². The lowest BCUT2D eigenvalue weighted by Gasteiger charge is -2.23. The molecule has 154 valence electrons. The summed E-state index contributed by atoms with van der Waals surface area (Å²) in [7, 11) is 1.98. The van der Waals surface area contributed by atoms with Crippen LogP contribution >= 0.6 is 0 Å². The average molecular weight is 376 g/mol. The van der Waals surface area contributed by atoms with Crippen molar-refractivity contribution >= 4 is 11.7 Å². The zero-order valence-corrected chi connectivity index (χ0v) is 17.9. The molecule has 3 nitrogen and oxygen atoms in total. The number of rotatable bonds is 16. The molecule has 1 N–H and O–H groups in total. The maximum Gasteiger partial charge on any atom is 0.308 e. The molecule has 1 aromatic carbocycles. The van der Waals surface area contributed by atoms with Crippen molar-refractivity contribution in [3.8, 4) is 0 Å². The Morgan fingerprint density at radius 1 is 0.889 bits per heavy atom. The number of carbonyl (C=O) groups is 1. The number of aliphatic carboxylic acids is 1. The van der Waals surface area contributed by atoms with Crippen molar-refractivity contribution in [3.05, 3.63) is 29.8 Å². The molecule has 1 atom stereocenters. The van der Waals surface area contributed by atoms with Crippen molar-refractivity contribution in [2.75, 3.05) is 18.5 Å². The van der Waals surface area contributed by atoms with E-state index in [9.17, 15) is 9.90 Å². The third-order valence-corrected chi connectivity index (χ3v) is 5.53. The van der Waals surface area contributed by atoms with Crippen LogP contribution in [0.25, 0.3) is 0 Å². The van der Waals surface area contributed by atoms with E-state index in [4.69, 9.17) is 0 Å². The van der Waals surface area contributed by atoms with Gasteiger partial charge in [0.2, 0.25) is 0 Å². The maximum absolute atomic E-state index is 11.2. The van der Waals surface area contributed by atoms with Gasteiger partial charge in [-0.2, -0.15) is 0 Å². The van der Waals surface area contributed by atoms with E-state index in [1.54, 1.807) is 0 Å². The van der Waals surface area contributed by atoms with Crippen LogP contribution in [0.5, 0.6) is 0 Å². The van der Waals surface area contributed by atoms with E-state index in [1.807, 2.05) is 18.9 Å². The Balaban J connectivity index is 2.18. The first-order valence-corrected chi connectivity index (χ1v) is 11.1. The molecule has 0 aliphatic heterocycles. The SMILES string of the molecule is CCCCCCCCCCCCc1ccc(N(C)CC(CC)C(=O)O)cc1. The van der Waals surface area contributed by atoms with Gasteiger partial charge in [0, 0.05) is 19.3 Å². The number of hydrogen-bond acceptors (Lipinski definition) is 2. The second kappa shape index (κ2) is 14.5. The predicted octanol–water partition coefficient (Wildman–Crippen LogP) is 6.70. The van der Waals surface area contributed by atoms with E-state index in [0.29, 0.717) is 13.0 Å². The summed E-state index contributed by atoms with van der Waals surface area (Å²) in [6, 6.07) is 8.64. The number of unbranched alkanes of at least 4 members (excludes halogenated alkanes) is 9. The van der Waals surface area contributed by atoms with Crippen LogP contribution in [0.3, 0.4) is 0 Å². The molecule has 1 unspecified atom stereocenters. The Morgan fingerprint density at radius 3 is 1.89 bits per heavy atom. The molecule has 3 heteroatoms. The smallest absolute Gasteiger partial charge is 0.308 e. The normalized spacial score (nSPS) is 12.1. The number of benzene rings is 1. The van der Waals surface area contributed by atoms with Crippen LogP contribution in [0.1, 0.15) is 90.0 Å². The topological polar surface area (TPSA) is 40.5 Å². The number of carboxylic acids is 1. The van der Waals surface area contributed by atoms with Crippen LogP contribution in [0.15, 0.2) is 24.3 Å². The number of hydrogen-bond donors (Lipinski definition) is 1. The van der Waals surface area contributed by atoms with Crippen LogP contribution in [0.4, 0.5) is 5.69 Å². The number of carboxylic acid groups (broad SMARTS) is 1. The molecular weight excluding hydrogens is 334 g/mol. The van der Waals surface area contributed by atoms with Gasteiger partial charge < -0.3 is 10.0 Å². The minimum atomic E-state index is -0.707. The van der Waals surface area contributed by atoms with Gasteiger partial charge in [0.1, 0.15) is 0 Å². The lowest BCUT2D eigenvalue weighted by molar-refractivity contribution is -0.141. The molecule has 0 aliphatic rings. The molecule has 0 fully saturated rings. The van der Waals surface area contributed by atoms with E-state index < -0.39 is 5.97 Å². The Bertz CT molecular complexity index is 498. The molecule has 0 saturated carbocycles. The maximum atomic E-state index is 11.2. The van der Waals surface area contributed by atoms with Crippen LogP contribution in [-0.2, 0) is 11.2 Å². The number of aryl methyl sites for hydroxylation is 1. The van der Waals surface area contributed by atoms with Gasteiger partial charge in [-0.15, -0.1) is 0 Å². The van der Waals surface area contributed by atoms with Crippen LogP contribution in [0.2, 0.25) is 0 Å². The summed E-state index contributed by atoms with van der Waals surface area (Å²) >= 11 is 0. The van der Waals surface area contributed by atoms with Gasteiger partial charge >= 0.3 is 5.97 Å². The van der Waals surface area contributed by atoms with Gasteiger partial charge in [-0.1, -0.05) is 83.8 Å². The molecule has 0 aromatic heterocycles. The monoisotopic (exact) mass is 375 g/mol. The first-order chi connectivity index (χ1) is 13.1. The summed E-state index contributed by atoms with van der Waals surface area (Å²) in [5.41, 5.74) is 2.48. The highest BCUT2D eigenvalue weighted by molar-refractivity contribution is 5.71. The fraction of sp³-hybridized carbons (Fsp3) is 0.708. The second-order valence-corrected chi connectivity index (χ2v) is 7.92. The van der Waals surface area contributed by atoms with E-state index in [0.717, 1.165) is 12.1 Å². The molecule has 0 bridgehead atoms. The van der Waals surface area contributed by atoms with Gasteiger partial charge in [0.05, 0.1) is 5.92 Å². The average Bonchev–Trinajstić information content (AvgIpc) is 2.67. The van der Waals surface area contributed by atoms with E-state index in [2.05, 4.69) is 31.2 Å². The summed E-state index contributed by atoms with van der Waals surface area (Å²) in [6.45, 7) is 4.76. The van der Waals surface area contributed by atoms with Gasteiger partial charge in [0.15, 0.2) is 0 Å². The molecule has 0 aliphatic carbocycles. The quantitative estimate of drug-likeness (QED) is 0.327. The largest absolute Gasteiger partial charge is 0.481 e. The Hall–Kier alpha value is -1.51. The number of anilines is 1. The number of nitrogens with zero attached hydrogens (tertiary/aromatic N) is 1. The van der Waals surface area contributed by atoms with E-state index in [1.165, 1.54) is 69.8 Å². The Morgan fingerprint density at radius 2 is 1.41 bits per heavy atom. The molecule has 1 rings (SSSR count). The third kappa shape index (κ3) is 10.4. The van der Waals surface area contributed by atoms with Gasteiger partial charge in [-0.05, 0) is 37.0 Å². The van der Waals surface area contributed by atoms with Gasteiger partial charge in [-0.3, -0.25) is 4.79 Å². The zero-order chi connectivity index (χ0) is 19.9. The first kappa shape index (κ1) is 23.5. The fourth-order valence-corrected chi connectivity index (χ4v) is 3.55. The summed E-state index contributed by atoms with van der Waals surface area (Å²) in [5, 5.41) is 9.21. The highest BCUT2D eigenvalue weighted by Crippen LogP contribution is 2.18. The zero-order valence-electron chi connectivity index (χ0n) is 17.9. The fourth-order valence-electron chi connectivity index (χ4n) is 3.55. The highest BCUT2D eigenvalue weighted by Gasteiger charge is 2.17. The molecule has 0 radical (unpaired) electrons. The summed E-state index contributed by atoms with van der Waals surface area (Å²) in [5.74, 6) is -1.01. The van der Waals surface area contributed by atoms with Gasteiger partial charge in [0.25, 0.3) is 0 Å². The molecule has 0 spiro atoms. The van der Waals surface area contributed by atoms with Gasteiger partial charge in [-0.25, -0.2) is 0 Å². The van der Waals surface area contributed by atoms with Crippen molar-refractivity contribution < 1.29 is 9.90 Å². The van der Waals surface area contributed by atoms with Crippen molar-refractivity contribution in [2.45, 2.75) is 90.9 Å². The van der Waals surface area contributed by atoms with Crippen molar-refractivity contribution in [2.24, 2.45) is 5.92 Å². The van der Waals surface area contributed by atoms with Crippen LogP contribution in [0, 0.1) is 5.92 Å². The molecule has 0 amide bonds. The standard InChI is InChI=1S/C24H41NO2/c1-4-6-7-8-9-10-11-12-13-14-15-21-16-18-23(19-17-21)25(3)20-22(5-2)24(26)27/h16-19,22H,4-15,20H2,1-3H3,(H,26,27). The molecule has 0 heterocycles. The lowest BCUT2D eigenvalue weighted by Crippen LogP contribution is -2.29. The minimum absolute atomic E-state index is 0.304. The van der Waals surface area contributed by atoms with Crippen molar-refractivity contribution in [1.29, 1.82) is 0 Å². The highest BCUT2D eigenvalue weighted by atomic mass is 16.4. The lowest BCUT2D eigenvalue weighted by atomic mass is 10.0. The summed E-state index contributed by atoms with van der Waals surface area (Å²) < 4.78 is 0. The predicted molar refractivity (Wildman–Crippen MR) is 117 cm³/mol. The molecule has 0 saturated heterocycles. The van der Waals surface area contributed by atoms with Crippen molar-refractivity contribution in [1.82, 2.24) is 0 Å². The molecular formula is C24H41NO2. The summed E-state index contributed by atoms with van der Waals surface area (Å²) in [6.07, 6.45) is 15.5. The van der Waals surface area contributed by atoms with Crippen LogP contribution < -0.4 is 4.90 Å². The molecule has 1 aromatic rings.